The first-order chi connectivity index (χ1) is 18.3. The van der Waals surface area contributed by atoms with Crippen molar-refractivity contribution in [3.63, 3.8) is 0 Å². The molecule has 1 aromatic heterocycles. The molecule has 3 N–H and O–H groups in total. The molecule has 3 aliphatic rings. The van der Waals surface area contributed by atoms with Gasteiger partial charge in [0, 0.05) is 57.1 Å². The average molecular weight is 545 g/mol. The maximum atomic E-state index is 14.5. The number of benzene rings is 1. The molecule has 4 heterocycles. The predicted molar refractivity (Wildman–Crippen MR) is 145 cm³/mol. The summed E-state index contributed by atoms with van der Waals surface area (Å²) in [6.07, 6.45) is 2.56. The molecule has 2 atom stereocenters. The van der Waals surface area contributed by atoms with E-state index in [-0.39, 0.29) is 18.0 Å². The Morgan fingerprint density at radius 3 is 2.74 bits per heavy atom. The van der Waals surface area contributed by atoms with Crippen molar-refractivity contribution in [2.24, 2.45) is 0 Å². The largest absolute Gasteiger partial charge is 0.366 e. The van der Waals surface area contributed by atoms with Gasteiger partial charge in [-0.3, -0.25) is 4.79 Å². The van der Waals surface area contributed by atoms with Gasteiger partial charge in [-0.1, -0.05) is 18.5 Å². The first kappa shape index (κ1) is 26.4. The van der Waals surface area contributed by atoms with Crippen LogP contribution in [-0.2, 0) is 6.54 Å². The molecular formula is C26H34ClFN8O2. The second-order valence-corrected chi connectivity index (χ2v) is 10.6. The van der Waals surface area contributed by atoms with Crippen LogP contribution in [0.3, 0.4) is 0 Å². The number of nitrogens with zero attached hydrogens (tertiary/aromatic N) is 5. The normalized spacial score (nSPS) is 22.4. The SMILES string of the molecule is CCN1CC[C@@H](NC(=O)N2CCC(Nc3nc(Nc4ccc5c(c4)CN(C)C5=O)ncc3Cl)CC2)[C@@H](F)C1. The van der Waals surface area contributed by atoms with Gasteiger partial charge in [-0.2, -0.15) is 4.98 Å². The maximum absolute atomic E-state index is 14.5. The number of halogens is 2. The van der Waals surface area contributed by atoms with Crippen LogP contribution < -0.4 is 16.0 Å². The molecule has 0 spiro atoms. The lowest BCUT2D eigenvalue weighted by Gasteiger charge is -2.37. The Kier molecular flexibility index (Phi) is 7.85. The zero-order chi connectivity index (χ0) is 26.8. The van der Waals surface area contributed by atoms with Crippen molar-refractivity contribution in [1.82, 2.24) is 30.0 Å². The average Bonchev–Trinajstić information content (AvgIpc) is 3.20. The molecule has 3 amide bonds. The highest BCUT2D eigenvalue weighted by atomic mass is 35.5. The van der Waals surface area contributed by atoms with Crippen LogP contribution >= 0.6 is 11.6 Å². The lowest BCUT2D eigenvalue weighted by Crippen LogP contribution is -2.56. The zero-order valence-electron chi connectivity index (χ0n) is 21.7. The standard InChI is InChI=1S/C26H34ClFN8O2/c1-3-35-9-8-22(21(28)15-35)32-26(38)36-10-6-17(7-11-36)30-23-20(27)13-29-25(33-23)31-18-4-5-19-16(12-18)14-34(2)24(19)37/h4-5,12-13,17,21-22H,3,6-11,14-15H2,1-2H3,(H,32,38)(H2,29,30,31,33)/t21-,22+/m0/s1. The van der Waals surface area contributed by atoms with E-state index in [1.165, 1.54) is 0 Å². The monoisotopic (exact) mass is 544 g/mol. The Hall–Kier alpha value is -3.18. The van der Waals surface area contributed by atoms with Gasteiger partial charge < -0.3 is 30.7 Å². The van der Waals surface area contributed by atoms with Crippen LogP contribution in [0.15, 0.2) is 24.4 Å². The molecule has 10 nitrogen and oxygen atoms in total. The van der Waals surface area contributed by atoms with Gasteiger partial charge in [0.25, 0.3) is 5.91 Å². The summed E-state index contributed by atoms with van der Waals surface area (Å²) in [6, 6.07) is 5.03. The number of piperidine rings is 2. The second kappa shape index (κ2) is 11.3. The van der Waals surface area contributed by atoms with E-state index in [1.54, 1.807) is 23.0 Å². The Labute approximate surface area is 226 Å². The van der Waals surface area contributed by atoms with E-state index in [9.17, 15) is 14.0 Å². The lowest BCUT2D eigenvalue weighted by atomic mass is 10.0. The molecule has 2 fully saturated rings. The molecular weight excluding hydrogens is 511 g/mol. The Balaban J connectivity index is 1.14. The van der Waals surface area contributed by atoms with Crippen LogP contribution in [0.2, 0.25) is 5.02 Å². The molecule has 5 rings (SSSR count). The molecule has 0 aliphatic carbocycles. The summed E-state index contributed by atoms with van der Waals surface area (Å²) >= 11 is 6.38. The van der Waals surface area contributed by atoms with Crippen molar-refractivity contribution < 1.29 is 14.0 Å². The zero-order valence-corrected chi connectivity index (χ0v) is 22.5. The second-order valence-electron chi connectivity index (χ2n) is 10.2. The summed E-state index contributed by atoms with van der Waals surface area (Å²) < 4.78 is 14.5. The van der Waals surface area contributed by atoms with Crippen LogP contribution in [0.25, 0.3) is 0 Å². The van der Waals surface area contributed by atoms with Crippen molar-refractivity contribution in [3.05, 3.63) is 40.5 Å². The molecule has 1 aromatic carbocycles. The summed E-state index contributed by atoms with van der Waals surface area (Å²) in [5, 5.41) is 9.89. The van der Waals surface area contributed by atoms with E-state index in [2.05, 4.69) is 30.8 Å². The quantitative estimate of drug-likeness (QED) is 0.511. The minimum atomic E-state index is -1.05. The fourth-order valence-electron chi connectivity index (χ4n) is 5.29. The van der Waals surface area contributed by atoms with Crippen LogP contribution in [0.1, 0.15) is 42.1 Å². The Morgan fingerprint density at radius 1 is 1.21 bits per heavy atom. The molecule has 12 heteroatoms. The Morgan fingerprint density at radius 2 is 2.00 bits per heavy atom. The minimum Gasteiger partial charge on any atom is -0.366 e. The molecule has 0 saturated carbocycles. The van der Waals surface area contributed by atoms with Gasteiger partial charge in [-0.15, -0.1) is 0 Å². The molecule has 0 unspecified atom stereocenters. The van der Waals surface area contributed by atoms with Crippen LogP contribution in [0.5, 0.6) is 0 Å². The highest BCUT2D eigenvalue weighted by Gasteiger charge is 2.32. The van der Waals surface area contributed by atoms with Gasteiger partial charge in [-0.05, 0) is 49.6 Å². The van der Waals surface area contributed by atoms with Gasteiger partial charge in [0.15, 0.2) is 5.82 Å². The number of urea groups is 1. The summed E-state index contributed by atoms with van der Waals surface area (Å²) in [5.41, 5.74) is 2.46. The molecule has 3 aliphatic heterocycles. The van der Waals surface area contributed by atoms with Gasteiger partial charge >= 0.3 is 6.03 Å². The molecule has 38 heavy (non-hydrogen) atoms. The van der Waals surface area contributed by atoms with Crippen LogP contribution in [0, 0.1) is 0 Å². The van der Waals surface area contributed by atoms with Crippen molar-refractivity contribution in [2.75, 3.05) is 50.4 Å². The summed E-state index contributed by atoms with van der Waals surface area (Å²) in [4.78, 5) is 39.2. The third-order valence-electron chi connectivity index (χ3n) is 7.59. The van der Waals surface area contributed by atoms with E-state index in [1.807, 2.05) is 25.1 Å². The van der Waals surface area contributed by atoms with Gasteiger partial charge in [0.2, 0.25) is 5.95 Å². The topological polar surface area (TPSA) is 106 Å². The number of fused-ring (bicyclic) bond motifs is 1. The minimum absolute atomic E-state index is 0.0215. The summed E-state index contributed by atoms with van der Waals surface area (Å²) in [7, 11) is 1.78. The number of aromatic nitrogens is 2. The van der Waals surface area contributed by atoms with Crippen LogP contribution in [0.4, 0.5) is 26.6 Å². The number of anilines is 3. The first-order valence-corrected chi connectivity index (χ1v) is 13.5. The molecule has 2 saturated heterocycles. The number of amides is 3. The van der Waals surface area contributed by atoms with E-state index < -0.39 is 12.2 Å². The van der Waals surface area contributed by atoms with Crippen molar-refractivity contribution in [1.29, 1.82) is 0 Å². The van der Waals surface area contributed by atoms with Crippen molar-refractivity contribution in [2.45, 2.75) is 51.0 Å². The molecule has 0 bridgehead atoms. The fraction of sp³-hybridized carbons (Fsp3) is 0.538. The molecule has 204 valence electrons. The van der Waals surface area contributed by atoms with E-state index in [0.29, 0.717) is 55.0 Å². The van der Waals surface area contributed by atoms with E-state index >= 15 is 0 Å². The van der Waals surface area contributed by atoms with E-state index in [0.717, 1.165) is 37.2 Å². The molecule has 2 aromatic rings. The number of hydrogen-bond acceptors (Lipinski definition) is 7. The van der Waals surface area contributed by atoms with Gasteiger partial charge in [-0.25, -0.2) is 14.2 Å². The van der Waals surface area contributed by atoms with E-state index in [4.69, 9.17) is 11.6 Å². The molecule has 0 radical (unpaired) electrons. The van der Waals surface area contributed by atoms with Crippen molar-refractivity contribution >= 4 is 41.0 Å². The summed E-state index contributed by atoms with van der Waals surface area (Å²) in [5.74, 6) is 0.931. The fourth-order valence-corrected chi connectivity index (χ4v) is 5.43. The lowest BCUT2D eigenvalue weighted by molar-refractivity contribution is 0.0816. The van der Waals surface area contributed by atoms with Gasteiger partial charge in [0.05, 0.1) is 12.2 Å². The number of nitrogens with one attached hydrogen (secondary N) is 3. The van der Waals surface area contributed by atoms with Gasteiger partial charge in [0.1, 0.15) is 11.2 Å². The van der Waals surface area contributed by atoms with Crippen molar-refractivity contribution in [3.8, 4) is 0 Å². The number of hydrogen-bond donors (Lipinski definition) is 3. The number of likely N-dealkylation sites (tertiary alicyclic amines) is 2. The predicted octanol–water partition coefficient (Wildman–Crippen LogP) is 3.48. The highest BCUT2D eigenvalue weighted by Crippen LogP contribution is 2.28. The number of alkyl halides is 1. The number of carbonyl (C=O) groups excluding carboxylic acids is 2. The smallest absolute Gasteiger partial charge is 0.317 e. The first-order valence-electron chi connectivity index (χ1n) is 13.2. The third-order valence-corrected chi connectivity index (χ3v) is 7.87. The summed E-state index contributed by atoms with van der Waals surface area (Å²) in [6.45, 7) is 5.70. The number of carbonyl (C=O) groups is 2. The maximum Gasteiger partial charge on any atom is 0.317 e. The third kappa shape index (κ3) is 5.78. The highest BCUT2D eigenvalue weighted by molar-refractivity contribution is 6.32. The van der Waals surface area contributed by atoms with Crippen LogP contribution in [-0.4, -0.2) is 94.6 Å². The number of rotatable bonds is 6. The Bertz CT molecular complexity index is 1190.